The predicted octanol–water partition coefficient (Wildman–Crippen LogP) is 5.52. The Hall–Kier alpha value is -3.23. The van der Waals surface area contributed by atoms with Crippen molar-refractivity contribution in [1.82, 2.24) is 19.9 Å². The highest BCUT2D eigenvalue weighted by molar-refractivity contribution is 5.74. The third-order valence-corrected chi connectivity index (χ3v) is 6.52. The lowest BCUT2D eigenvalue weighted by atomic mass is 9.90. The van der Waals surface area contributed by atoms with Gasteiger partial charge in [-0.05, 0) is 66.3 Å². The minimum Gasteiger partial charge on any atom is -0.341 e. The van der Waals surface area contributed by atoms with Crippen LogP contribution in [0.1, 0.15) is 52.7 Å². The molecule has 0 bridgehead atoms. The number of benzene rings is 2. The van der Waals surface area contributed by atoms with E-state index in [9.17, 15) is 13.2 Å². The predicted molar refractivity (Wildman–Crippen MR) is 125 cm³/mol. The number of alkyl halides is 3. The van der Waals surface area contributed by atoms with Gasteiger partial charge in [-0.2, -0.15) is 13.2 Å². The smallest absolute Gasteiger partial charge is 0.341 e. The summed E-state index contributed by atoms with van der Waals surface area (Å²) in [6.45, 7) is 0.940. The maximum absolute atomic E-state index is 13.5. The van der Waals surface area contributed by atoms with Crippen molar-refractivity contribution >= 4 is 11.0 Å². The quantitative estimate of drug-likeness (QED) is 0.394. The molecule has 2 heterocycles. The SMILES string of the molecule is NCc1ccc(C(F)(F)F)cc1CN(Cc1nc2ccccc2[nH]1)C1CCCc2cccnc21. The van der Waals surface area contributed by atoms with E-state index in [0.717, 1.165) is 47.9 Å². The van der Waals surface area contributed by atoms with Gasteiger partial charge < -0.3 is 10.7 Å². The van der Waals surface area contributed by atoms with Crippen molar-refractivity contribution < 1.29 is 13.2 Å². The fourth-order valence-electron chi connectivity index (χ4n) is 4.86. The molecule has 4 aromatic rings. The molecule has 1 unspecified atom stereocenters. The number of aromatic amines is 1. The molecule has 0 saturated carbocycles. The van der Waals surface area contributed by atoms with Crippen LogP contribution in [0.5, 0.6) is 0 Å². The number of halogens is 3. The van der Waals surface area contributed by atoms with E-state index in [1.165, 1.54) is 17.7 Å². The first-order chi connectivity index (χ1) is 16.4. The number of imidazole rings is 1. The Morgan fingerprint density at radius 3 is 2.68 bits per heavy atom. The average Bonchev–Trinajstić information content (AvgIpc) is 3.25. The summed E-state index contributed by atoms with van der Waals surface area (Å²) in [5.74, 6) is 0.769. The van der Waals surface area contributed by atoms with Crippen molar-refractivity contribution in [3.8, 4) is 0 Å². The van der Waals surface area contributed by atoms with Crippen LogP contribution in [0.2, 0.25) is 0 Å². The van der Waals surface area contributed by atoms with E-state index in [-0.39, 0.29) is 12.6 Å². The Balaban J connectivity index is 1.55. The molecule has 2 aromatic heterocycles. The van der Waals surface area contributed by atoms with Crippen LogP contribution in [0.15, 0.2) is 60.8 Å². The Morgan fingerprint density at radius 1 is 1.03 bits per heavy atom. The normalized spacial score (nSPS) is 16.2. The second-order valence-electron chi connectivity index (χ2n) is 8.75. The van der Waals surface area contributed by atoms with Crippen LogP contribution in [0.25, 0.3) is 11.0 Å². The first-order valence-corrected chi connectivity index (χ1v) is 11.4. The summed E-state index contributed by atoms with van der Waals surface area (Å²) < 4.78 is 40.5. The fourth-order valence-corrected chi connectivity index (χ4v) is 4.86. The Morgan fingerprint density at radius 2 is 1.88 bits per heavy atom. The third-order valence-electron chi connectivity index (χ3n) is 6.52. The minimum absolute atomic E-state index is 0.0293. The van der Waals surface area contributed by atoms with Gasteiger partial charge in [0.1, 0.15) is 5.82 Å². The van der Waals surface area contributed by atoms with Gasteiger partial charge in [-0.15, -0.1) is 0 Å². The summed E-state index contributed by atoms with van der Waals surface area (Å²) in [6.07, 6.45) is 0.194. The third kappa shape index (κ3) is 4.56. The number of nitrogens with one attached hydrogen (secondary N) is 1. The molecule has 0 amide bonds. The van der Waals surface area contributed by atoms with E-state index in [4.69, 9.17) is 10.7 Å². The van der Waals surface area contributed by atoms with Gasteiger partial charge >= 0.3 is 6.18 Å². The lowest BCUT2D eigenvalue weighted by Gasteiger charge is -2.35. The number of fused-ring (bicyclic) bond motifs is 2. The van der Waals surface area contributed by atoms with Crippen LogP contribution < -0.4 is 5.73 Å². The second kappa shape index (κ2) is 9.19. The largest absolute Gasteiger partial charge is 0.416 e. The maximum Gasteiger partial charge on any atom is 0.416 e. The van der Waals surface area contributed by atoms with Crippen molar-refractivity contribution in [3.05, 3.63) is 94.6 Å². The highest BCUT2D eigenvalue weighted by Crippen LogP contribution is 2.36. The molecule has 2 aromatic carbocycles. The standard InChI is InChI=1S/C26H26F3N5/c27-26(28,29)20-11-10-18(14-30)19(13-20)15-34(16-24-32-21-7-1-2-8-22(21)33-24)23-9-3-5-17-6-4-12-31-25(17)23/h1-2,4,6-8,10-13,23H,3,5,9,14-16,30H2,(H,32,33). The van der Waals surface area contributed by atoms with Gasteiger partial charge in [0.05, 0.1) is 34.9 Å². The lowest BCUT2D eigenvalue weighted by molar-refractivity contribution is -0.137. The minimum atomic E-state index is -4.41. The number of para-hydroxylation sites is 2. The van der Waals surface area contributed by atoms with Gasteiger partial charge in [-0.25, -0.2) is 4.98 Å². The molecule has 5 rings (SSSR count). The Kier molecular flexibility index (Phi) is 6.10. The number of hydrogen-bond acceptors (Lipinski definition) is 4. The number of rotatable bonds is 6. The van der Waals surface area contributed by atoms with Crippen molar-refractivity contribution in [3.63, 3.8) is 0 Å². The van der Waals surface area contributed by atoms with Gasteiger partial charge in [-0.3, -0.25) is 9.88 Å². The summed E-state index contributed by atoms with van der Waals surface area (Å²) >= 11 is 0. The van der Waals surface area contributed by atoms with E-state index < -0.39 is 11.7 Å². The summed E-state index contributed by atoms with van der Waals surface area (Å²) in [6, 6.07) is 15.6. The van der Waals surface area contributed by atoms with Gasteiger partial charge in [0.15, 0.2) is 0 Å². The van der Waals surface area contributed by atoms with E-state index in [0.29, 0.717) is 24.2 Å². The number of aryl methyl sites for hydroxylation is 1. The molecule has 8 heteroatoms. The number of H-pyrrole nitrogens is 1. The Bertz CT molecular complexity index is 1260. The molecule has 1 atom stereocenters. The first-order valence-electron chi connectivity index (χ1n) is 11.4. The van der Waals surface area contributed by atoms with Crippen LogP contribution in [-0.2, 0) is 32.2 Å². The fraction of sp³-hybridized carbons (Fsp3) is 0.308. The van der Waals surface area contributed by atoms with Crippen molar-refractivity contribution in [2.24, 2.45) is 5.73 Å². The van der Waals surface area contributed by atoms with Crippen molar-refractivity contribution in [1.29, 1.82) is 0 Å². The number of nitrogens with zero attached hydrogens (tertiary/aromatic N) is 3. The van der Waals surface area contributed by atoms with Crippen molar-refractivity contribution in [2.45, 2.75) is 51.1 Å². The van der Waals surface area contributed by atoms with E-state index >= 15 is 0 Å². The van der Waals surface area contributed by atoms with Crippen LogP contribution in [-0.4, -0.2) is 19.9 Å². The molecule has 1 aliphatic rings. The average molecular weight is 466 g/mol. The highest BCUT2D eigenvalue weighted by Gasteiger charge is 2.32. The molecule has 5 nitrogen and oxygen atoms in total. The number of hydrogen-bond donors (Lipinski definition) is 2. The van der Waals surface area contributed by atoms with Crippen LogP contribution in [0.4, 0.5) is 13.2 Å². The van der Waals surface area contributed by atoms with Crippen molar-refractivity contribution in [2.75, 3.05) is 0 Å². The monoisotopic (exact) mass is 465 g/mol. The Labute approximate surface area is 195 Å². The molecule has 0 spiro atoms. The highest BCUT2D eigenvalue weighted by atomic mass is 19.4. The molecule has 0 saturated heterocycles. The second-order valence-corrected chi connectivity index (χ2v) is 8.75. The lowest BCUT2D eigenvalue weighted by Crippen LogP contribution is -2.32. The van der Waals surface area contributed by atoms with Gasteiger partial charge in [-0.1, -0.05) is 24.3 Å². The van der Waals surface area contributed by atoms with E-state index in [1.54, 1.807) is 6.20 Å². The maximum atomic E-state index is 13.5. The zero-order valence-electron chi connectivity index (χ0n) is 18.6. The van der Waals surface area contributed by atoms with Gasteiger partial charge in [0, 0.05) is 19.3 Å². The molecule has 1 aliphatic carbocycles. The van der Waals surface area contributed by atoms with Gasteiger partial charge in [0.2, 0.25) is 0 Å². The number of nitrogens with two attached hydrogens (primary N) is 1. The number of aromatic nitrogens is 3. The summed E-state index contributed by atoms with van der Waals surface area (Å²) in [5.41, 5.74) is 10.5. The van der Waals surface area contributed by atoms with Crippen LogP contribution in [0.3, 0.4) is 0 Å². The molecule has 0 fully saturated rings. The van der Waals surface area contributed by atoms with E-state index in [1.807, 2.05) is 30.3 Å². The van der Waals surface area contributed by atoms with Crippen LogP contribution in [0, 0.1) is 0 Å². The molecule has 0 aliphatic heterocycles. The molecule has 3 N–H and O–H groups in total. The van der Waals surface area contributed by atoms with Gasteiger partial charge in [0.25, 0.3) is 0 Å². The summed E-state index contributed by atoms with van der Waals surface area (Å²) in [4.78, 5) is 14.9. The topological polar surface area (TPSA) is 70.8 Å². The molecule has 34 heavy (non-hydrogen) atoms. The number of pyridine rings is 1. The first kappa shape index (κ1) is 22.6. The van der Waals surface area contributed by atoms with Crippen LogP contribution >= 0.6 is 0 Å². The molecule has 176 valence electrons. The van der Waals surface area contributed by atoms with E-state index in [2.05, 4.69) is 20.9 Å². The molecule has 0 radical (unpaired) electrons. The summed E-state index contributed by atoms with van der Waals surface area (Å²) in [7, 11) is 0. The summed E-state index contributed by atoms with van der Waals surface area (Å²) in [5, 5.41) is 0. The molecular weight excluding hydrogens is 439 g/mol. The zero-order valence-corrected chi connectivity index (χ0v) is 18.6. The molecular formula is C26H26F3N5. The zero-order chi connectivity index (χ0) is 23.7.